The number of imidazole rings is 1. The Morgan fingerprint density at radius 3 is 2.93 bits per heavy atom. The molecule has 1 rings (SSSR count). The van der Waals surface area contributed by atoms with Gasteiger partial charge in [-0.05, 0) is 5.92 Å². The first-order chi connectivity index (χ1) is 6.61. The number of Topliss-reactive ketones (excluding diaryl/α,β-unsaturated/α-hetero) is 1. The van der Waals surface area contributed by atoms with Crippen LogP contribution in [0, 0.1) is 12.3 Å². The SMILES string of the molecule is CC(C)[C@H](N)C(=O)[CH]Cc1c[nH]cn1. The molecule has 1 aromatic rings. The van der Waals surface area contributed by atoms with Crippen molar-refractivity contribution in [2.75, 3.05) is 0 Å². The van der Waals surface area contributed by atoms with Crippen molar-refractivity contribution in [3.05, 3.63) is 24.6 Å². The van der Waals surface area contributed by atoms with Gasteiger partial charge in [0, 0.05) is 19.0 Å². The van der Waals surface area contributed by atoms with Crippen LogP contribution in [0.3, 0.4) is 0 Å². The first-order valence-electron chi connectivity index (χ1n) is 4.71. The monoisotopic (exact) mass is 194 g/mol. The Bertz CT molecular complexity index is 280. The second-order valence-electron chi connectivity index (χ2n) is 3.64. The minimum atomic E-state index is -0.394. The van der Waals surface area contributed by atoms with Gasteiger partial charge in [-0.15, -0.1) is 0 Å². The molecule has 0 aliphatic carbocycles. The molecule has 3 N–H and O–H groups in total. The van der Waals surface area contributed by atoms with Gasteiger partial charge in [0.05, 0.1) is 18.1 Å². The Kier molecular flexibility index (Phi) is 3.83. The summed E-state index contributed by atoms with van der Waals surface area (Å²) in [6, 6.07) is -0.394. The maximum Gasteiger partial charge on any atom is 0.153 e. The molecule has 0 saturated carbocycles. The van der Waals surface area contributed by atoms with Gasteiger partial charge in [0.25, 0.3) is 0 Å². The lowest BCUT2D eigenvalue weighted by Gasteiger charge is -2.13. The van der Waals surface area contributed by atoms with Crippen LogP contribution in [0.1, 0.15) is 19.5 Å². The molecule has 0 unspecified atom stereocenters. The predicted molar refractivity (Wildman–Crippen MR) is 54.4 cm³/mol. The number of hydrogen-bond acceptors (Lipinski definition) is 3. The van der Waals surface area contributed by atoms with Crippen LogP contribution in [0.5, 0.6) is 0 Å². The molecule has 4 heteroatoms. The molecule has 77 valence electrons. The normalized spacial score (nSPS) is 13.1. The van der Waals surface area contributed by atoms with E-state index in [2.05, 4.69) is 9.97 Å². The van der Waals surface area contributed by atoms with Crippen LogP contribution in [0.2, 0.25) is 0 Å². The molecule has 0 saturated heterocycles. The van der Waals surface area contributed by atoms with Crippen molar-refractivity contribution in [3.8, 4) is 0 Å². The highest BCUT2D eigenvalue weighted by Gasteiger charge is 2.17. The fourth-order valence-corrected chi connectivity index (χ4v) is 1.07. The number of carbonyl (C=O) groups excluding carboxylic acids is 1. The zero-order valence-electron chi connectivity index (χ0n) is 8.53. The summed E-state index contributed by atoms with van der Waals surface area (Å²) in [7, 11) is 0. The third-order valence-corrected chi connectivity index (χ3v) is 2.11. The number of hydrogen-bond donors (Lipinski definition) is 2. The molecular weight excluding hydrogens is 178 g/mol. The summed E-state index contributed by atoms with van der Waals surface area (Å²) in [5.41, 5.74) is 6.55. The average molecular weight is 194 g/mol. The van der Waals surface area contributed by atoms with Crippen LogP contribution in [0.15, 0.2) is 12.5 Å². The van der Waals surface area contributed by atoms with E-state index in [1.165, 1.54) is 0 Å². The molecule has 14 heavy (non-hydrogen) atoms. The molecule has 1 radical (unpaired) electrons. The fraction of sp³-hybridized carbons (Fsp3) is 0.500. The van der Waals surface area contributed by atoms with Crippen LogP contribution in [-0.2, 0) is 11.2 Å². The number of nitrogens with zero attached hydrogens (tertiary/aromatic N) is 1. The molecule has 1 heterocycles. The summed E-state index contributed by atoms with van der Waals surface area (Å²) >= 11 is 0. The topological polar surface area (TPSA) is 71.8 Å². The van der Waals surface area contributed by atoms with Gasteiger partial charge < -0.3 is 10.7 Å². The van der Waals surface area contributed by atoms with Gasteiger partial charge >= 0.3 is 0 Å². The maximum atomic E-state index is 11.5. The summed E-state index contributed by atoms with van der Waals surface area (Å²) in [6.45, 7) is 3.87. The van der Waals surface area contributed by atoms with Crippen molar-refractivity contribution in [3.63, 3.8) is 0 Å². The van der Waals surface area contributed by atoms with Crippen molar-refractivity contribution in [2.24, 2.45) is 11.7 Å². The largest absolute Gasteiger partial charge is 0.351 e. The Morgan fingerprint density at radius 1 is 1.71 bits per heavy atom. The number of carbonyl (C=O) groups is 1. The van der Waals surface area contributed by atoms with Gasteiger partial charge in [-0.1, -0.05) is 13.8 Å². The van der Waals surface area contributed by atoms with Crippen LogP contribution < -0.4 is 5.73 Å². The molecule has 0 spiro atoms. The van der Waals surface area contributed by atoms with Crippen LogP contribution in [0.4, 0.5) is 0 Å². The Balaban J connectivity index is 2.35. The molecule has 0 fully saturated rings. The van der Waals surface area contributed by atoms with Gasteiger partial charge in [0.15, 0.2) is 5.78 Å². The first-order valence-corrected chi connectivity index (χ1v) is 4.71. The highest BCUT2D eigenvalue weighted by molar-refractivity contribution is 5.91. The fourth-order valence-electron chi connectivity index (χ4n) is 1.07. The van der Waals surface area contributed by atoms with E-state index in [1.807, 2.05) is 13.8 Å². The zero-order chi connectivity index (χ0) is 10.6. The minimum Gasteiger partial charge on any atom is -0.351 e. The van der Waals surface area contributed by atoms with E-state index >= 15 is 0 Å². The number of ketones is 1. The summed E-state index contributed by atoms with van der Waals surface area (Å²) in [4.78, 5) is 18.3. The quantitative estimate of drug-likeness (QED) is 0.725. The number of H-pyrrole nitrogens is 1. The summed E-state index contributed by atoms with van der Waals surface area (Å²) in [6.07, 6.45) is 5.50. The van der Waals surface area contributed by atoms with E-state index in [-0.39, 0.29) is 11.7 Å². The molecule has 0 bridgehead atoms. The highest BCUT2D eigenvalue weighted by atomic mass is 16.1. The van der Waals surface area contributed by atoms with Crippen LogP contribution in [0.25, 0.3) is 0 Å². The van der Waals surface area contributed by atoms with Crippen molar-refractivity contribution in [2.45, 2.75) is 26.3 Å². The number of nitrogens with two attached hydrogens (primary N) is 1. The van der Waals surface area contributed by atoms with E-state index in [4.69, 9.17) is 5.73 Å². The Morgan fingerprint density at radius 2 is 2.43 bits per heavy atom. The van der Waals surface area contributed by atoms with Gasteiger partial charge in [-0.3, -0.25) is 4.79 Å². The lowest BCUT2D eigenvalue weighted by Crippen LogP contribution is -2.35. The van der Waals surface area contributed by atoms with E-state index < -0.39 is 6.04 Å². The van der Waals surface area contributed by atoms with Crippen LogP contribution >= 0.6 is 0 Å². The molecular formula is C10H16N3O. The van der Waals surface area contributed by atoms with E-state index in [0.717, 1.165) is 5.69 Å². The minimum absolute atomic E-state index is 0.0111. The number of nitrogens with one attached hydrogen (secondary N) is 1. The van der Waals surface area contributed by atoms with E-state index in [1.54, 1.807) is 18.9 Å². The molecule has 0 amide bonds. The molecule has 4 nitrogen and oxygen atoms in total. The van der Waals surface area contributed by atoms with Crippen molar-refractivity contribution < 1.29 is 4.79 Å². The third kappa shape index (κ3) is 2.96. The zero-order valence-corrected chi connectivity index (χ0v) is 8.53. The summed E-state index contributed by atoms with van der Waals surface area (Å²) in [5, 5.41) is 0. The Hall–Kier alpha value is -1.16. The third-order valence-electron chi connectivity index (χ3n) is 2.11. The standard InChI is InChI=1S/C10H16N3O/c1-7(2)10(11)9(14)4-3-8-5-12-6-13-8/h4-7,10H,3,11H2,1-2H3,(H,12,13)/t10-/m0/s1. The number of aromatic amines is 1. The van der Waals surface area contributed by atoms with Gasteiger partial charge in [0.1, 0.15) is 0 Å². The van der Waals surface area contributed by atoms with E-state index in [9.17, 15) is 4.79 Å². The number of rotatable bonds is 5. The smallest absolute Gasteiger partial charge is 0.153 e. The van der Waals surface area contributed by atoms with Gasteiger partial charge in [-0.2, -0.15) is 0 Å². The van der Waals surface area contributed by atoms with Crippen molar-refractivity contribution >= 4 is 5.78 Å². The second-order valence-corrected chi connectivity index (χ2v) is 3.64. The van der Waals surface area contributed by atoms with Crippen molar-refractivity contribution in [1.82, 2.24) is 9.97 Å². The van der Waals surface area contributed by atoms with Crippen LogP contribution in [-0.4, -0.2) is 21.8 Å². The summed E-state index contributed by atoms with van der Waals surface area (Å²) in [5.74, 6) is 0.168. The van der Waals surface area contributed by atoms with Gasteiger partial charge in [0.2, 0.25) is 0 Å². The molecule has 0 aromatic carbocycles. The van der Waals surface area contributed by atoms with Crippen molar-refractivity contribution in [1.29, 1.82) is 0 Å². The molecule has 0 aliphatic rings. The first kappa shape index (κ1) is 10.9. The molecule has 1 aromatic heterocycles. The molecule has 0 aliphatic heterocycles. The lowest BCUT2D eigenvalue weighted by molar-refractivity contribution is -0.118. The van der Waals surface area contributed by atoms with E-state index in [0.29, 0.717) is 6.42 Å². The summed E-state index contributed by atoms with van der Waals surface area (Å²) < 4.78 is 0. The average Bonchev–Trinajstić information content (AvgIpc) is 2.65. The molecule has 1 atom stereocenters. The highest BCUT2D eigenvalue weighted by Crippen LogP contribution is 2.04. The maximum absolute atomic E-state index is 11.5. The lowest BCUT2D eigenvalue weighted by atomic mass is 9.98. The number of aromatic nitrogens is 2. The Labute approximate surface area is 83.9 Å². The second kappa shape index (κ2) is 4.91. The predicted octanol–water partition coefficient (Wildman–Crippen LogP) is 0.709. The van der Waals surface area contributed by atoms with Gasteiger partial charge in [-0.25, -0.2) is 4.98 Å².